The van der Waals surface area contributed by atoms with E-state index in [2.05, 4.69) is 5.32 Å². The van der Waals surface area contributed by atoms with Crippen LogP contribution in [-0.2, 0) is 14.6 Å². The number of hydrogen-bond acceptors (Lipinski definition) is 4. The predicted molar refractivity (Wildman–Crippen MR) is 113 cm³/mol. The van der Waals surface area contributed by atoms with Crippen molar-refractivity contribution in [3.63, 3.8) is 0 Å². The Hall–Kier alpha value is -3.03. The first-order valence-electron chi connectivity index (χ1n) is 8.94. The van der Waals surface area contributed by atoms with Gasteiger partial charge in [0.2, 0.25) is 5.91 Å². The van der Waals surface area contributed by atoms with Crippen LogP contribution < -0.4 is 5.32 Å². The van der Waals surface area contributed by atoms with Crippen molar-refractivity contribution in [3.8, 4) is 0 Å². The molecule has 0 heterocycles. The number of sulfone groups is 1. The zero-order valence-corrected chi connectivity index (χ0v) is 17.2. The van der Waals surface area contributed by atoms with E-state index in [1.165, 1.54) is 48.5 Å². The summed E-state index contributed by atoms with van der Waals surface area (Å²) in [7, 11) is -3.63. The van der Waals surface area contributed by atoms with Gasteiger partial charge in [-0.05, 0) is 42.5 Å². The molecule has 3 aromatic rings. The third kappa shape index (κ3) is 5.11. The van der Waals surface area contributed by atoms with E-state index in [4.69, 9.17) is 11.6 Å². The van der Waals surface area contributed by atoms with Crippen molar-refractivity contribution in [2.24, 2.45) is 0 Å². The third-order valence-electron chi connectivity index (χ3n) is 4.32. The molecule has 0 aliphatic rings. The molecule has 0 aromatic heterocycles. The van der Waals surface area contributed by atoms with Crippen LogP contribution in [0.4, 0.5) is 10.1 Å². The molecule has 0 aliphatic carbocycles. The summed E-state index contributed by atoms with van der Waals surface area (Å²) >= 11 is 5.98. The lowest BCUT2D eigenvalue weighted by Gasteiger charge is -2.12. The molecule has 0 radical (unpaired) electrons. The van der Waals surface area contributed by atoms with Crippen LogP contribution in [0.15, 0.2) is 77.7 Å². The second kappa shape index (κ2) is 9.19. The molecule has 0 saturated heterocycles. The monoisotopic (exact) mass is 445 g/mol. The number of rotatable bonds is 7. The Morgan fingerprint density at radius 2 is 1.57 bits per heavy atom. The minimum absolute atomic E-state index is 0.00636. The van der Waals surface area contributed by atoms with Gasteiger partial charge in [-0.2, -0.15) is 0 Å². The van der Waals surface area contributed by atoms with Crippen molar-refractivity contribution in [1.82, 2.24) is 0 Å². The molecular weight excluding hydrogens is 429 g/mol. The normalized spacial score (nSPS) is 11.1. The number of benzene rings is 3. The summed E-state index contributed by atoms with van der Waals surface area (Å²) in [6.07, 6.45) is -0.312. The van der Waals surface area contributed by atoms with E-state index >= 15 is 0 Å². The molecule has 3 rings (SSSR count). The van der Waals surface area contributed by atoms with Crippen molar-refractivity contribution in [2.45, 2.75) is 11.3 Å². The molecule has 1 N–H and O–H groups in total. The molecule has 0 bridgehead atoms. The highest BCUT2D eigenvalue weighted by Gasteiger charge is 2.20. The summed E-state index contributed by atoms with van der Waals surface area (Å²) in [5.74, 6) is -2.34. The molecule has 3 aromatic carbocycles. The number of carbonyl (C=O) groups is 2. The van der Waals surface area contributed by atoms with Gasteiger partial charge in [0.25, 0.3) is 0 Å². The van der Waals surface area contributed by atoms with E-state index in [1.807, 2.05) is 0 Å². The van der Waals surface area contributed by atoms with Crippen LogP contribution in [0.3, 0.4) is 0 Å². The molecule has 0 unspecified atom stereocenters. The summed E-state index contributed by atoms with van der Waals surface area (Å²) in [6, 6.07) is 17.5. The number of hydrogen-bond donors (Lipinski definition) is 1. The first-order valence-corrected chi connectivity index (χ1v) is 11.0. The zero-order chi connectivity index (χ0) is 21.7. The van der Waals surface area contributed by atoms with Gasteiger partial charge in [0.1, 0.15) is 5.82 Å². The highest BCUT2D eigenvalue weighted by molar-refractivity contribution is 7.91. The molecule has 30 heavy (non-hydrogen) atoms. The van der Waals surface area contributed by atoms with Crippen molar-refractivity contribution < 1.29 is 22.4 Å². The summed E-state index contributed by atoms with van der Waals surface area (Å²) in [5, 5.41) is 2.76. The van der Waals surface area contributed by atoms with Crippen LogP contribution in [-0.4, -0.2) is 25.9 Å². The number of ketones is 1. The van der Waals surface area contributed by atoms with E-state index in [1.54, 1.807) is 18.2 Å². The van der Waals surface area contributed by atoms with Gasteiger partial charge in [-0.1, -0.05) is 41.9 Å². The second-order valence-corrected chi connectivity index (χ2v) is 8.97. The maximum absolute atomic E-state index is 14.0. The molecule has 0 aliphatic heterocycles. The number of nitrogens with one attached hydrogen (secondary N) is 1. The Morgan fingerprint density at radius 3 is 2.27 bits per heavy atom. The highest BCUT2D eigenvalue weighted by atomic mass is 35.5. The van der Waals surface area contributed by atoms with E-state index in [9.17, 15) is 22.4 Å². The minimum Gasteiger partial charge on any atom is -0.325 e. The fraction of sp³-hybridized carbons (Fsp3) is 0.0909. The van der Waals surface area contributed by atoms with Crippen molar-refractivity contribution in [3.05, 3.63) is 94.8 Å². The van der Waals surface area contributed by atoms with Gasteiger partial charge in [-0.25, -0.2) is 12.8 Å². The first-order chi connectivity index (χ1) is 14.3. The smallest absolute Gasteiger partial charge is 0.225 e. The van der Waals surface area contributed by atoms with E-state index in [-0.39, 0.29) is 33.2 Å². The van der Waals surface area contributed by atoms with Crippen LogP contribution in [0.25, 0.3) is 0 Å². The molecule has 0 atom stereocenters. The molecule has 8 heteroatoms. The molecule has 0 spiro atoms. The van der Waals surface area contributed by atoms with Crippen LogP contribution in [0.1, 0.15) is 22.3 Å². The topological polar surface area (TPSA) is 80.3 Å². The summed E-state index contributed by atoms with van der Waals surface area (Å²) in [4.78, 5) is 25.3. The number of anilines is 1. The van der Waals surface area contributed by atoms with E-state index in [0.717, 1.165) is 6.07 Å². The fourth-order valence-corrected chi connectivity index (χ4v) is 4.22. The van der Waals surface area contributed by atoms with Crippen LogP contribution in [0, 0.1) is 5.82 Å². The van der Waals surface area contributed by atoms with Gasteiger partial charge < -0.3 is 5.32 Å². The minimum atomic E-state index is -3.63. The average molecular weight is 446 g/mol. The Labute approximate surface area is 178 Å². The number of carbonyl (C=O) groups excluding carboxylic acids is 2. The van der Waals surface area contributed by atoms with Gasteiger partial charge in [0, 0.05) is 17.0 Å². The van der Waals surface area contributed by atoms with E-state index in [0.29, 0.717) is 0 Å². The predicted octanol–water partition coefficient (Wildman–Crippen LogP) is 4.51. The van der Waals surface area contributed by atoms with Gasteiger partial charge in [-0.3, -0.25) is 9.59 Å². The Morgan fingerprint density at radius 1 is 0.900 bits per heavy atom. The Kier molecular flexibility index (Phi) is 6.64. The van der Waals surface area contributed by atoms with Gasteiger partial charge in [-0.15, -0.1) is 0 Å². The lowest BCUT2D eigenvalue weighted by molar-refractivity contribution is -0.115. The fourth-order valence-electron chi connectivity index (χ4n) is 2.79. The van der Waals surface area contributed by atoms with Crippen LogP contribution >= 0.6 is 11.6 Å². The van der Waals surface area contributed by atoms with Crippen molar-refractivity contribution in [2.75, 3.05) is 11.1 Å². The maximum Gasteiger partial charge on any atom is 0.225 e. The summed E-state index contributed by atoms with van der Waals surface area (Å²) in [6.45, 7) is 0. The number of amides is 1. The number of halogens is 2. The lowest BCUT2D eigenvalue weighted by Crippen LogP contribution is -2.19. The molecule has 154 valence electrons. The van der Waals surface area contributed by atoms with Gasteiger partial charge >= 0.3 is 0 Å². The largest absolute Gasteiger partial charge is 0.325 e. The third-order valence-corrected chi connectivity index (χ3v) is 6.29. The molecule has 5 nitrogen and oxygen atoms in total. The van der Waals surface area contributed by atoms with Gasteiger partial charge in [0.15, 0.2) is 15.6 Å². The summed E-state index contributed by atoms with van der Waals surface area (Å²) in [5.41, 5.74) is -0.0384. The standard InChI is InChI=1S/C22H17ClFNO4S/c23-15-10-11-20(18(14-15)22(27)17-8-4-5-9-19(17)24)25-21(26)12-13-30(28,29)16-6-2-1-3-7-16/h1-11,14H,12-13H2,(H,25,26). The zero-order valence-electron chi connectivity index (χ0n) is 15.6. The van der Waals surface area contributed by atoms with Crippen molar-refractivity contribution in [1.29, 1.82) is 0 Å². The molecular formula is C22H17ClFNO4S. The molecule has 0 fully saturated rings. The molecule has 1 amide bonds. The summed E-state index contributed by atoms with van der Waals surface area (Å²) < 4.78 is 38.7. The quantitative estimate of drug-likeness (QED) is 0.542. The van der Waals surface area contributed by atoms with Crippen molar-refractivity contribution >= 4 is 38.8 Å². The average Bonchev–Trinajstić information content (AvgIpc) is 2.74. The van der Waals surface area contributed by atoms with E-state index < -0.39 is 33.1 Å². The SMILES string of the molecule is O=C(CCS(=O)(=O)c1ccccc1)Nc1ccc(Cl)cc1C(=O)c1ccccc1F. The Balaban J connectivity index is 1.78. The van der Waals surface area contributed by atoms with Crippen LogP contribution in [0.2, 0.25) is 5.02 Å². The van der Waals surface area contributed by atoms with Crippen LogP contribution in [0.5, 0.6) is 0 Å². The molecule has 0 saturated carbocycles. The highest BCUT2D eigenvalue weighted by Crippen LogP contribution is 2.25. The second-order valence-electron chi connectivity index (χ2n) is 6.43. The van der Waals surface area contributed by atoms with Gasteiger partial charge in [0.05, 0.1) is 21.9 Å². The first kappa shape index (κ1) is 21.7. The maximum atomic E-state index is 14.0. The Bertz CT molecular complexity index is 1200. The lowest BCUT2D eigenvalue weighted by atomic mass is 10.0.